The predicted molar refractivity (Wildman–Crippen MR) is 114 cm³/mol. The van der Waals surface area contributed by atoms with Crippen LogP contribution in [0.2, 0.25) is 0 Å². The Bertz CT molecular complexity index is 1040. The van der Waals surface area contributed by atoms with Crippen molar-refractivity contribution in [2.45, 2.75) is 19.3 Å². The zero-order valence-corrected chi connectivity index (χ0v) is 17.0. The van der Waals surface area contributed by atoms with Crippen molar-refractivity contribution in [1.29, 1.82) is 0 Å². The highest BCUT2D eigenvalue weighted by molar-refractivity contribution is 7.14. The number of hydrogen-bond acceptors (Lipinski definition) is 6. The standard InChI is InChI=1S/C22H21N3O4S/c26-20(23-10-4-7-15-5-2-1-3-6-15)12-17-13-30-22(24-17)25-21(27)16-8-9-18-19(11-16)29-14-28-18/h1-3,5-6,8-9,11,13H,4,7,10,12,14H2,(H,23,26)(H,24,25,27). The minimum atomic E-state index is -0.292. The number of amides is 2. The molecule has 0 bridgehead atoms. The van der Waals surface area contributed by atoms with E-state index in [4.69, 9.17) is 9.47 Å². The molecule has 0 radical (unpaired) electrons. The Morgan fingerprint density at radius 2 is 1.90 bits per heavy atom. The van der Waals surface area contributed by atoms with Crippen LogP contribution in [0.5, 0.6) is 11.5 Å². The van der Waals surface area contributed by atoms with E-state index in [1.165, 1.54) is 16.9 Å². The van der Waals surface area contributed by atoms with Crippen LogP contribution in [0.25, 0.3) is 0 Å². The van der Waals surface area contributed by atoms with E-state index in [-0.39, 0.29) is 25.0 Å². The lowest BCUT2D eigenvalue weighted by Gasteiger charge is -2.04. The lowest BCUT2D eigenvalue weighted by Crippen LogP contribution is -2.26. The van der Waals surface area contributed by atoms with Gasteiger partial charge in [0.25, 0.3) is 5.91 Å². The highest BCUT2D eigenvalue weighted by Crippen LogP contribution is 2.32. The van der Waals surface area contributed by atoms with Crippen LogP contribution in [0, 0.1) is 0 Å². The molecular weight excluding hydrogens is 402 g/mol. The Hall–Kier alpha value is -3.39. The summed E-state index contributed by atoms with van der Waals surface area (Å²) in [4.78, 5) is 28.9. The third-order valence-corrected chi connectivity index (χ3v) is 5.36. The molecule has 2 N–H and O–H groups in total. The number of carbonyl (C=O) groups is 2. The maximum atomic E-state index is 12.4. The first-order chi connectivity index (χ1) is 14.7. The number of benzene rings is 2. The lowest BCUT2D eigenvalue weighted by atomic mass is 10.1. The number of nitrogens with zero attached hydrogens (tertiary/aromatic N) is 1. The van der Waals surface area contributed by atoms with Gasteiger partial charge in [-0.2, -0.15) is 0 Å². The first kappa shape index (κ1) is 19.9. The van der Waals surface area contributed by atoms with Gasteiger partial charge in [0.15, 0.2) is 16.6 Å². The van der Waals surface area contributed by atoms with Gasteiger partial charge in [0.05, 0.1) is 12.1 Å². The molecule has 7 nitrogen and oxygen atoms in total. The molecule has 0 aliphatic carbocycles. The van der Waals surface area contributed by atoms with Gasteiger partial charge in [-0.15, -0.1) is 11.3 Å². The van der Waals surface area contributed by atoms with Crippen LogP contribution >= 0.6 is 11.3 Å². The summed E-state index contributed by atoms with van der Waals surface area (Å²) in [6, 6.07) is 15.2. The number of nitrogens with one attached hydrogen (secondary N) is 2. The van der Waals surface area contributed by atoms with Gasteiger partial charge in [-0.3, -0.25) is 14.9 Å². The van der Waals surface area contributed by atoms with Crippen LogP contribution in [0.1, 0.15) is 28.0 Å². The number of anilines is 1. The second kappa shape index (κ2) is 9.41. The van der Waals surface area contributed by atoms with E-state index in [1.807, 2.05) is 18.2 Å². The number of aryl methyl sites for hydroxylation is 1. The van der Waals surface area contributed by atoms with Crippen LogP contribution in [0.15, 0.2) is 53.9 Å². The topological polar surface area (TPSA) is 89.6 Å². The lowest BCUT2D eigenvalue weighted by molar-refractivity contribution is -0.120. The summed E-state index contributed by atoms with van der Waals surface area (Å²) in [5.74, 6) is 0.797. The van der Waals surface area contributed by atoms with Gasteiger partial charge in [-0.25, -0.2) is 4.98 Å². The van der Waals surface area contributed by atoms with E-state index in [2.05, 4.69) is 27.8 Å². The number of rotatable bonds is 8. The summed E-state index contributed by atoms with van der Waals surface area (Å²) in [5, 5.41) is 7.89. The largest absolute Gasteiger partial charge is 0.454 e. The summed E-state index contributed by atoms with van der Waals surface area (Å²) in [7, 11) is 0. The fourth-order valence-electron chi connectivity index (χ4n) is 3.04. The average Bonchev–Trinajstić information content (AvgIpc) is 3.40. The number of hydrogen-bond donors (Lipinski definition) is 2. The molecule has 8 heteroatoms. The number of aromatic nitrogens is 1. The Kier molecular flexibility index (Phi) is 6.24. The number of fused-ring (bicyclic) bond motifs is 1. The van der Waals surface area contributed by atoms with E-state index in [0.717, 1.165) is 12.8 Å². The third kappa shape index (κ3) is 5.15. The van der Waals surface area contributed by atoms with Crippen molar-refractivity contribution in [3.63, 3.8) is 0 Å². The normalized spacial score (nSPS) is 11.9. The number of thiazole rings is 1. The van der Waals surface area contributed by atoms with Crippen molar-refractivity contribution in [2.24, 2.45) is 0 Å². The molecule has 0 saturated heterocycles. The van der Waals surface area contributed by atoms with Crippen molar-refractivity contribution >= 4 is 28.3 Å². The molecule has 4 rings (SSSR count). The maximum Gasteiger partial charge on any atom is 0.257 e. The van der Waals surface area contributed by atoms with Crippen molar-refractivity contribution in [3.05, 3.63) is 70.7 Å². The van der Waals surface area contributed by atoms with Crippen molar-refractivity contribution in [1.82, 2.24) is 10.3 Å². The molecule has 1 aliphatic rings. The Morgan fingerprint density at radius 3 is 2.77 bits per heavy atom. The smallest absolute Gasteiger partial charge is 0.257 e. The highest BCUT2D eigenvalue weighted by Gasteiger charge is 2.17. The van der Waals surface area contributed by atoms with E-state index in [0.29, 0.717) is 34.4 Å². The molecule has 2 amide bonds. The average molecular weight is 423 g/mol. The summed E-state index contributed by atoms with van der Waals surface area (Å²) < 4.78 is 10.5. The van der Waals surface area contributed by atoms with Gasteiger partial charge >= 0.3 is 0 Å². The van der Waals surface area contributed by atoms with E-state index in [1.54, 1.807) is 23.6 Å². The Labute approximate surface area is 178 Å². The van der Waals surface area contributed by atoms with Gasteiger partial charge in [0.1, 0.15) is 0 Å². The summed E-state index contributed by atoms with van der Waals surface area (Å²) in [6.07, 6.45) is 1.99. The Balaban J connectivity index is 1.22. The minimum absolute atomic E-state index is 0.0815. The molecule has 2 heterocycles. The molecule has 154 valence electrons. The number of ether oxygens (including phenoxy) is 2. The zero-order chi connectivity index (χ0) is 20.8. The van der Waals surface area contributed by atoms with Gasteiger partial charge in [-0.05, 0) is 36.6 Å². The minimum Gasteiger partial charge on any atom is -0.454 e. The van der Waals surface area contributed by atoms with Crippen LogP contribution in [-0.4, -0.2) is 30.1 Å². The zero-order valence-electron chi connectivity index (χ0n) is 16.2. The molecule has 0 spiro atoms. The summed E-state index contributed by atoms with van der Waals surface area (Å²) >= 11 is 1.29. The molecule has 0 unspecified atom stereocenters. The molecule has 2 aromatic carbocycles. The molecule has 0 fully saturated rings. The van der Waals surface area contributed by atoms with Gasteiger partial charge in [-0.1, -0.05) is 30.3 Å². The van der Waals surface area contributed by atoms with Crippen LogP contribution in [0.3, 0.4) is 0 Å². The van der Waals surface area contributed by atoms with E-state index >= 15 is 0 Å². The number of carbonyl (C=O) groups excluding carboxylic acids is 2. The summed E-state index contributed by atoms with van der Waals surface area (Å²) in [6.45, 7) is 0.774. The molecule has 0 atom stereocenters. The molecule has 3 aromatic rings. The van der Waals surface area contributed by atoms with Crippen molar-refractivity contribution in [3.8, 4) is 11.5 Å². The van der Waals surface area contributed by atoms with Crippen molar-refractivity contribution in [2.75, 3.05) is 18.7 Å². The first-order valence-corrected chi connectivity index (χ1v) is 10.5. The third-order valence-electron chi connectivity index (χ3n) is 4.56. The van der Waals surface area contributed by atoms with E-state index in [9.17, 15) is 9.59 Å². The Morgan fingerprint density at radius 1 is 1.07 bits per heavy atom. The second-order valence-corrected chi connectivity index (χ2v) is 7.64. The fraction of sp³-hybridized carbons (Fsp3) is 0.227. The monoisotopic (exact) mass is 423 g/mol. The molecule has 30 heavy (non-hydrogen) atoms. The quantitative estimate of drug-likeness (QED) is 0.542. The van der Waals surface area contributed by atoms with Crippen LogP contribution < -0.4 is 20.1 Å². The van der Waals surface area contributed by atoms with Crippen LogP contribution in [0.4, 0.5) is 5.13 Å². The summed E-state index contributed by atoms with van der Waals surface area (Å²) in [5.41, 5.74) is 2.34. The molecule has 0 saturated carbocycles. The molecule has 1 aliphatic heterocycles. The maximum absolute atomic E-state index is 12.4. The van der Waals surface area contributed by atoms with Crippen molar-refractivity contribution < 1.29 is 19.1 Å². The fourth-order valence-corrected chi connectivity index (χ4v) is 3.75. The van der Waals surface area contributed by atoms with Crippen LogP contribution in [-0.2, 0) is 17.6 Å². The van der Waals surface area contributed by atoms with Gasteiger partial charge < -0.3 is 14.8 Å². The second-order valence-electron chi connectivity index (χ2n) is 6.78. The molecular formula is C22H21N3O4S. The van der Waals surface area contributed by atoms with Gasteiger partial charge in [0.2, 0.25) is 12.7 Å². The van der Waals surface area contributed by atoms with Gasteiger partial charge in [0, 0.05) is 17.5 Å². The highest BCUT2D eigenvalue weighted by atomic mass is 32.1. The van der Waals surface area contributed by atoms with E-state index < -0.39 is 0 Å². The first-order valence-electron chi connectivity index (χ1n) is 9.63. The SMILES string of the molecule is O=C(Cc1csc(NC(=O)c2ccc3c(c2)OCO3)n1)NCCCc1ccccc1. The molecule has 1 aromatic heterocycles. The predicted octanol–water partition coefficient (Wildman–Crippen LogP) is 3.42.